The molecule has 1 N–H and O–H groups in total. The van der Waals surface area contributed by atoms with Gasteiger partial charge < -0.3 is 9.52 Å². The molecule has 4 heteroatoms. The second kappa shape index (κ2) is 7.09. The van der Waals surface area contributed by atoms with Crippen LogP contribution in [0.3, 0.4) is 0 Å². The van der Waals surface area contributed by atoms with E-state index in [1.54, 1.807) is 13.2 Å². The van der Waals surface area contributed by atoms with Gasteiger partial charge in [0.2, 0.25) is 0 Å². The zero-order chi connectivity index (χ0) is 15.2. The zero-order valence-corrected chi connectivity index (χ0v) is 12.5. The number of carboxylic acid groups (broad SMARTS) is 1. The van der Waals surface area contributed by atoms with Gasteiger partial charge in [0.25, 0.3) is 0 Å². The van der Waals surface area contributed by atoms with Crippen molar-refractivity contribution in [2.45, 2.75) is 26.9 Å². The Morgan fingerprint density at radius 2 is 1.95 bits per heavy atom. The molecule has 0 saturated carbocycles. The molecule has 0 bridgehead atoms. The van der Waals surface area contributed by atoms with Crippen molar-refractivity contribution in [2.24, 2.45) is 5.92 Å². The third-order valence-corrected chi connectivity index (χ3v) is 3.44. The number of hydrogen-bond acceptors (Lipinski definition) is 3. The molecule has 2 rings (SSSR count). The standard InChI is InChI=1S/C17H21NO3/c1-13-5-7-15(8-6-13)11-18(10-14(2)17(19)20)12-16-4-3-9-21-16/h3-9,14H,10-12H2,1-2H3,(H,19,20). The van der Waals surface area contributed by atoms with Crippen LogP contribution >= 0.6 is 0 Å². The molecule has 0 fully saturated rings. The van der Waals surface area contributed by atoms with Crippen LogP contribution in [0.1, 0.15) is 23.8 Å². The molecule has 1 atom stereocenters. The summed E-state index contributed by atoms with van der Waals surface area (Å²) < 4.78 is 5.37. The normalized spacial score (nSPS) is 12.5. The minimum atomic E-state index is -0.775. The summed E-state index contributed by atoms with van der Waals surface area (Å²) in [6, 6.07) is 12.1. The highest BCUT2D eigenvalue weighted by Gasteiger charge is 2.17. The average Bonchev–Trinajstić information content (AvgIpc) is 2.94. The van der Waals surface area contributed by atoms with Crippen molar-refractivity contribution in [1.82, 2.24) is 4.90 Å². The molecule has 4 nitrogen and oxygen atoms in total. The number of rotatable bonds is 7. The number of hydrogen-bond donors (Lipinski definition) is 1. The van der Waals surface area contributed by atoms with E-state index in [-0.39, 0.29) is 0 Å². The van der Waals surface area contributed by atoms with E-state index < -0.39 is 11.9 Å². The van der Waals surface area contributed by atoms with Crippen LogP contribution in [-0.2, 0) is 17.9 Å². The highest BCUT2D eigenvalue weighted by Crippen LogP contribution is 2.13. The summed E-state index contributed by atoms with van der Waals surface area (Å²) in [6.07, 6.45) is 1.64. The number of benzene rings is 1. The summed E-state index contributed by atoms with van der Waals surface area (Å²) in [5.74, 6) is -0.339. The number of nitrogens with zero attached hydrogens (tertiary/aromatic N) is 1. The number of carbonyl (C=O) groups is 1. The predicted octanol–water partition coefficient (Wildman–Crippen LogP) is 3.31. The van der Waals surface area contributed by atoms with E-state index >= 15 is 0 Å². The average molecular weight is 287 g/mol. The van der Waals surface area contributed by atoms with E-state index in [0.717, 1.165) is 5.76 Å². The van der Waals surface area contributed by atoms with Crippen LogP contribution in [0, 0.1) is 12.8 Å². The fraction of sp³-hybridized carbons (Fsp3) is 0.353. The minimum absolute atomic E-state index is 0.412. The van der Waals surface area contributed by atoms with E-state index in [1.807, 2.05) is 12.1 Å². The molecule has 0 radical (unpaired) electrons. The lowest BCUT2D eigenvalue weighted by Gasteiger charge is -2.23. The van der Waals surface area contributed by atoms with Gasteiger partial charge in [-0.2, -0.15) is 0 Å². The van der Waals surface area contributed by atoms with Gasteiger partial charge in [0, 0.05) is 13.1 Å². The van der Waals surface area contributed by atoms with Gasteiger partial charge in [-0.25, -0.2) is 0 Å². The molecule has 1 heterocycles. The summed E-state index contributed by atoms with van der Waals surface area (Å²) in [6.45, 7) is 5.59. The first kappa shape index (κ1) is 15.3. The maximum atomic E-state index is 11.1. The Kier molecular flexibility index (Phi) is 5.17. The monoisotopic (exact) mass is 287 g/mol. The van der Waals surface area contributed by atoms with Crippen LogP contribution in [0.2, 0.25) is 0 Å². The summed E-state index contributed by atoms with van der Waals surface area (Å²) in [7, 11) is 0. The molecular formula is C17H21NO3. The van der Waals surface area contributed by atoms with E-state index in [9.17, 15) is 4.79 Å². The number of aryl methyl sites for hydroxylation is 1. The molecule has 1 unspecified atom stereocenters. The summed E-state index contributed by atoms with van der Waals surface area (Å²) >= 11 is 0. The Bertz CT molecular complexity index is 560. The van der Waals surface area contributed by atoms with Gasteiger partial charge >= 0.3 is 5.97 Å². The SMILES string of the molecule is Cc1ccc(CN(Cc2ccco2)CC(C)C(=O)O)cc1. The van der Waals surface area contributed by atoms with Crippen LogP contribution < -0.4 is 0 Å². The lowest BCUT2D eigenvalue weighted by molar-refractivity contribution is -0.141. The first-order valence-corrected chi connectivity index (χ1v) is 7.07. The van der Waals surface area contributed by atoms with Gasteiger partial charge in [-0.15, -0.1) is 0 Å². The lowest BCUT2D eigenvalue weighted by Crippen LogP contribution is -2.31. The summed E-state index contributed by atoms with van der Waals surface area (Å²) in [5.41, 5.74) is 2.39. The first-order chi connectivity index (χ1) is 10.0. The highest BCUT2D eigenvalue weighted by atomic mass is 16.4. The Balaban J connectivity index is 2.06. The largest absolute Gasteiger partial charge is 0.481 e. The van der Waals surface area contributed by atoms with E-state index in [0.29, 0.717) is 19.6 Å². The summed E-state index contributed by atoms with van der Waals surface area (Å²) in [4.78, 5) is 13.2. The molecule has 0 amide bonds. The first-order valence-electron chi connectivity index (χ1n) is 7.07. The van der Waals surface area contributed by atoms with E-state index in [2.05, 4.69) is 36.1 Å². The quantitative estimate of drug-likeness (QED) is 0.849. The van der Waals surface area contributed by atoms with Crippen LogP contribution in [0.15, 0.2) is 47.1 Å². The van der Waals surface area contributed by atoms with Crippen molar-refractivity contribution < 1.29 is 14.3 Å². The molecule has 0 saturated heterocycles. The molecule has 1 aromatic carbocycles. The van der Waals surface area contributed by atoms with Crippen molar-refractivity contribution in [3.05, 3.63) is 59.5 Å². The Hall–Kier alpha value is -2.07. The van der Waals surface area contributed by atoms with Gasteiger partial charge in [-0.05, 0) is 24.6 Å². The van der Waals surface area contributed by atoms with Crippen molar-refractivity contribution >= 4 is 5.97 Å². The lowest BCUT2D eigenvalue weighted by atomic mass is 10.1. The topological polar surface area (TPSA) is 53.7 Å². The second-order valence-corrected chi connectivity index (χ2v) is 5.47. The van der Waals surface area contributed by atoms with Gasteiger partial charge in [-0.3, -0.25) is 9.69 Å². The van der Waals surface area contributed by atoms with Crippen molar-refractivity contribution in [3.8, 4) is 0 Å². The van der Waals surface area contributed by atoms with Gasteiger partial charge in [0.15, 0.2) is 0 Å². The second-order valence-electron chi connectivity index (χ2n) is 5.47. The smallest absolute Gasteiger partial charge is 0.307 e. The molecule has 21 heavy (non-hydrogen) atoms. The Labute approximate surface area is 125 Å². The number of furan rings is 1. The number of carboxylic acids is 1. The fourth-order valence-electron chi connectivity index (χ4n) is 2.23. The maximum absolute atomic E-state index is 11.1. The molecule has 0 aliphatic heterocycles. The van der Waals surface area contributed by atoms with Crippen molar-refractivity contribution in [2.75, 3.05) is 6.54 Å². The molecular weight excluding hydrogens is 266 g/mol. The minimum Gasteiger partial charge on any atom is -0.481 e. The molecule has 112 valence electrons. The van der Waals surface area contributed by atoms with Gasteiger partial charge in [0.05, 0.1) is 18.7 Å². The molecule has 0 aliphatic carbocycles. The van der Waals surface area contributed by atoms with E-state index in [4.69, 9.17) is 9.52 Å². The third-order valence-electron chi connectivity index (χ3n) is 3.44. The van der Waals surface area contributed by atoms with Crippen LogP contribution in [0.5, 0.6) is 0 Å². The van der Waals surface area contributed by atoms with Crippen molar-refractivity contribution in [3.63, 3.8) is 0 Å². The van der Waals surface area contributed by atoms with Gasteiger partial charge in [-0.1, -0.05) is 36.8 Å². The molecule has 2 aromatic rings. The molecule has 0 spiro atoms. The highest BCUT2D eigenvalue weighted by molar-refractivity contribution is 5.69. The van der Waals surface area contributed by atoms with Crippen molar-refractivity contribution in [1.29, 1.82) is 0 Å². The Morgan fingerprint density at radius 3 is 2.52 bits per heavy atom. The fourth-order valence-corrected chi connectivity index (χ4v) is 2.23. The molecule has 1 aromatic heterocycles. The van der Waals surface area contributed by atoms with Gasteiger partial charge in [0.1, 0.15) is 5.76 Å². The van der Waals surface area contributed by atoms with Crippen LogP contribution in [0.25, 0.3) is 0 Å². The Morgan fingerprint density at radius 1 is 1.24 bits per heavy atom. The molecule has 0 aliphatic rings. The zero-order valence-electron chi connectivity index (χ0n) is 12.5. The predicted molar refractivity (Wildman–Crippen MR) is 80.8 cm³/mol. The summed E-state index contributed by atoms with van der Waals surface area (Å²) in [5, 5.41) is 9.11. The maximum Gasteiger partial charge on any atom is 0.307 e. The number of aliphatic carboxylic acids is 1. The third kappa shape index (κ3) is 4.76. The van der Waals surface area contributed by atoms with E-state index in [1.165, 1.54) is 11.1 Å². The van der Waals surface area contributed by atoms with Crippen LogP contribution in [-0.4, -0.2) is 22.5 Å². The van der Waals surface area contributed by atoms with Crippen LogP contribution in [0.4, 0.5) is 0 Å².